The molecule has 2 aromatic rings. The number of aromatic nitrogens is 3. The molecule has 0 fully saturated rings. The van der Waals surface area contributed by atoms with Crippen LogP contribution in [0.2, 0.25) is 0 Å². The molecule has 2 heterocycles. The molecular weight excluding hydrogens is 510 g/mol. The van der Waals surface area contributed by atoms with Gasteiger partial charge < -0.3 is 25.1 Å². The van der Waals surface area contributed by atoms with Crippen molar-refractivity contribution in [3.05, 3.63) is 46.9 Å². The first-order valence-corrected chi connectivity index (χ1v) is 12.6. The number of amides is 4. The summed E-state index contributed by atoms with van der Waals surface area (Å²) < 4.78 is 27.2. The van der Waals surface area contributed by atoms with Crippen molar-refractivity contribution in [1.82, 2.24) is 29.5 Å². The van der Waals surface area contributed by atoms with E-state index in [2.05, 4.69) is 20.9 Å². The first-order chi connectivity index (χ1) is 17.4. The third-order valence-corrected chi connectivity index (χ3v) is 6.35. The second kappa shape index (κ2) is 12.6. The predicted molar refractivity (Wildman–Crippen MR) is 130 cm³/mol. The number of carbonyl (C=O) groups is 5. The highest BCUT2D eigenvalue weighted by molar-refractivity contribution is 7.90. The minimum Gasteiger partial charge on any atom is -0.353 e. The zero-order valence-corrected chi connectivity index (χ0v) is 21.1. The number of nitrogens with one attached hydrogen (secondary N) is 4. The molecule has 0 spiro atoms. The molecule has 0 saturated carbocycles. The number of carbonyl (C=O) groups excluding carboxylic acids is 5. The van der Waals surface area contributed by atoms with Crippen molar-refractivity contribution in [2.45, 2.75) is 32.4 Å². The maximum atomic E-state index is 13.0. The quantitative estimate of drug-likeness (QED) is 0.218. The zero-order chi connectivity index (χ0) is 27.8. The van der Waals surface area contributed by atoms with Gasteiger partial charge in [0, 0.05) is 26.7 Å². The Morgan fingerprint density at radius 2 is 1.86 bits per heavy atom. The second-order valence-electron chi connectivity index (χ2n) is 7.73. The fourth-order valence-electron chi connectivity index (χ4n) is 3.01. The zero-order valence-electron chi connectivity index (χ0n) is 20.3. The van der Waals surface area contributed by atoms with Crippen molar-refractivity contribution in [2.75, 3.05) is 18.1 Å². The SMILES string of the molecule is CCS(=O)(=O)NC(=O)Cn1cccc(NC(=O)[C@H](CCC(=O)C(=O)NC)NC(=O)c2cncn2C)c1=O. The summed E-state index contributed by atoms with van der Waals surface area (Å²) in [5.41, 5.74) is -0.973. The highest BCUT2D eigenvalue weighted by Gasteiger charge is 2.26. The van der Waals surface area contributed by atoms with Gasteiger partial charge in [-0.15, -0.1) is 0 Å². The van der Waals surface area contributed by atoms with Gasteiger partial charge in [-0.3, -0.25) is 33.5 Å². The van der Waals surface area contributed by atoms with E-state index < -0.39 is 57.6 Å². The Morgan fingerprint density at radius 3 is 2.46 bits per heavy atom. The van der Waals surface area contributed by atoms with Crippen molar-refractivity contribution in [3.8, 4) is 0 Å². The fraction of sp³-hybridized carbons (Fsp3) is 0.381. The van der Waals surface area contributed by atoms with Gasteiger partial charge in [-0.25, -0.2) is 13.4 Å². The minimum absolute atomic E-state index is 0.116. The van der Waals surface area contributed by atoms with Crippen molar-refractivity contribution in [1.29, 1.82) is 0 Å². The van der Waals surface area contributed by atoms with Gasteiger partial charge in [0.25, 0.3) is 23.3 Å². The summed E-state index contributed by atoms with van der Waals surface area (Å²) >= 11 is 0. The molecule has 4 N–H and O–H groups in total. The highest BCUT2D eigenvalue weighted by Crippen LogP contribution is 2.07. The number of hydrogen-bond donors (Lipinski definition) is 4. The number of anilines is 1. The molecule has 15 nitrogen and oxygen atoms in total. The Balaban J connectivity index is 2.23. The molecule has 16 heteroatoms. The van der Waals surface area contributed by atoms with Gasteiger partial charge in [0.2, 0.25) is 21.7 Å². The molecule has 0 radical (unpaired) electrons. The fourth-order valence-corrected chi connectivity index (χ4v) is 3.57. The van der Waals surface area contributed by atoms with Crippen molar-refractivity contribution >= 4 is 45.1 Å². The van der Waals surface area contributed by atoms with E-state index >= 15 is 0 Å². The van der Waals surface area contributed by atoms with E-state index in [-0.39, 0.29) is 30.0 Å². The van der Waals surface area contributed by atoms with Crippen LogP contribution in [0.5, 0.6) is 0 Å². The topological polar surface area (TPSA) is 207 Å². The molecule has 2 aromatic heterocycles. The number of nitrogens with zero attached hydrogens (tertiary/aromatic N) is 3. The third-order valence-electron chi connectivity index (χ3n) is 5.05. The Hall–Kier alpha value is -4.34. The average Bonchev–Trinajstić information content (AvgIpc) is 3.28. The smallest absolute Gasteiger partial charge is 0.287 e. The van der Waals surface area contributed by atoms with E-state index in [1.807, 2.05) is 4.72 Å². The van der Waals surface area contributed by atoms with Crippen LogP contribution in [0, 0.1) is 0 Å². The molecule has 200 valence electrons. The lowest BCUT2D eigenvalue weighted by Crippen LogP contribution is -2.45. The molecule has 0 aliphatic carbocycles. The molecule has 1 atom stereocenters. The molecule has 0 bridgehead atoms. The first-order valence-electron chi connectivity index (χ1n) is 10.9. The monoisotopic (exact) mass is 537 g/mol. The summed E-state index contributed by atoms with van der Waals surface area (Å²) in [6.07, 6.45) is 3.21. The number of aryl methyl sites for hydroxylation is 1. The molecular formula is C21H27N7O8S. The van der Waals surface area contributed by atoms with Crippen LogP contribution < -0.4 is 26.2 Å². The Morgan fingerprint density at radius 1 is 1.16 bits per heavy atom. The van der Waals surface area contributed by atoms with Crippen LogP contribution in [0.3, 0.4) is 0 Å². The van der Waals surface area contributed by atoms with Crippen LogP contribution >= 0.6 is 0 Å². The normalized spacial score (nSPS) is 11.8. The number of likely N-dealkylation sites (N-methyl/N-ethyl adjacent to an activating group) is 1. The summed E-state index contributed by atoms with van der Waals surface area (Å²) in [6, 6.07) is 1.26. The lowest BCUT2D eigenvalue weighted by atomic mass is 10.1. The van der Waals surface area contributed by atoms with Crippen LogP contribution in [0.4, 0.5) is 5.69 Å². The third kappa shape index (κ3) is 8.09. The van der Waals surface area contributed by atoms with Crippen molar-refractivity contribution in [2.24, 2.45) is 7.05 Å². The molecule has 0 aliphatic rings. The number of imidazole rings is 1. The van der Waals surface area contributed by atoms with Crippen LogP contribution in [-0.4, -0.2) is 70.8 Å². The number of hydrogen-bond acceptors (Lipinski definition) is 9. The molecule has 2 rings (SSSR count). The van der Waals surface area contributed by atoms with Crippen LogP contribution in [0.15, 0.2) is 35.6 Å². The van der Waals surface area contributed by atoms with Gasteiger partial charge in [-0.05, 0) is 25.5 Å². The van der Waals surface area contributed by atoms with E-state index in [1.54, 1.807) is 7.05 Å². The van der Waals surface area contributed by atoms with E-state index in [0.29, 0.717) is 0 Å². The van der Waals surface area contributed by atoms with Gasteiger partial charge in [-0.1, -0.05) is 0 Å². The molecule has 0 unspecified atom stereocenters. The summed E-state index contributed by atoms with van der Waals surface area (Å²) in [5.74, 6) is -4.53. The summed E-state index contributed by atoms with van der Waals surface area (Å²) in [4.78, 5) is 77.7. The number of pyridine rings is 1. The van der Waals surface area contributed by atoms with Crippen LogP contribution in [0.25, 0.3) is 0 Å². The lowest BCUT2D eigenvalue weighted by Gasteiger charge is -2.18. The van der Waals surface area contributed by atoms with E-state index in [9.17, 15) is 37.2 Å². The van der Waals surface area contributed by atoms with Gasteiger partial charge >= 0.3 is 0 Å². The number of ketones is 1. The van der Waals surface area contributed by atoms with Gasteiger partial charge in [0.15, 0.2) is 0 Å². The predicted octanol–water partition coefficient (Wildman–Crippen LogP) is -2.12. The van der Waals surface area contributed by atoms with E-state index in [4.69, 9.17) is 0 Å². The van der Waals surface area contributed by atoms with Crippen LogP contribution in [0.1, 0.15) is 30.3 Å². The molecule has 0 aliphatic heterocycles. The standard InChI is InChI=1S/C21H27N7O8S/c1-4-37(35,36)26-17(30)11-28-9-5-6-14(21(28)34)25-18(31)13(7-8-16(29)20(33)22-2)24-19(32)15-10-23-12-27(15)3/h5-6,9-10,12-13H,4,7-8,11H2,1-3H3,(H,22,33)(H,24,32)(H,25,31)(H,26,30)/t13-/m0/s1. The molecule has 4 amide bonds. The maximum absolute atomic E-state index is 13.0. The van der Waals surface area contributed by atoms with Crippen molar-refractivity contribution in [3.63, 3.8) is 0 Å². The number of sulfonamides is 1. The van der Waals surface area contributed by atoms with Gasteiger partial charge in [0.05, 0.1) is 18.3 Å². The largest absolute Gasteiger partial charge is 0.353 e. The van der Waals surface area contributed by atoms with Gasteiger partial charge in [0.1, 0.15) is 24.0 Å². The van der Waals surface area contributed by atoms with Crippen LogP contribution in [-0.2, 0) is 42.8 Å². The second-order valence-corrected chi connectivity index (χ2v) is 9.74. The van der Waals surface area contributed by atoms with E-state index in [0.717, 1.165) is 4.57 Å². The highest BCUT2D eigenvalue weighted by atomic mass is 32.2. The molecule has 37 heavy (non-hydrogen) atoms. The summed E-state index contributed by atoms with van der Waals surface area (Å²) in [5, 5.41) is 6.97. The van der Waals surface area contributed by atoms with E-state index in [1.165, 1.54) is 49.4 Å². The summed E-state index contributed by atoms with van der Waals surface area (Å²) in [7, 11) is -1.01. The molecule has 0 aromatic carbocycles. The minimum atomic E-state index is -3.83. The molecule has 0 saturated heterocycles. The lowest BCUT2D eigenvalue weighted by molar-refractivity contribution is -0.137. The average molecular weight is 538 g/mol. The number of rotatable bonds is 12. The number of Topliss-reactive ketones (excluding diaryl/α,β-unsaturated/α-hetero) is 1. The first kappa shape index (κ1) is 28.9. The van der Waals surface area contributed by atoms with Crippen molar-refractivity contribution < 1.29 is 32.4 Å². The Bertz CT molecular complexity index is 1360. The Kier molecular flexibility index (Phi) is 9.82. The van der Waals surface area contributed by atoms with Gasteiger partial charge in [-0.2, -0.15) is 0 Å². The summed E-state index contributed by atoms with van der Waals surface area (Å²) in [6.45, 7) is 0.701. The Labute approximate surface area is 211 Å². The maximum Gasteiger partial charge on any atom is 0.287 e.